The molecule has 0 radical (unpaired) electrons. The van der Waals surface area contributed by atoms with Crippen LogP contribution in [-0.4, -0.2) is 40.8 Å². The molecular weight excluding hydrogens is 399 g/mol. The van der Waals surface area contributed by atoms with Crippen molar-refractivity contribution in [2.45, 2.75) is 18.5 Å². The molecule has 1 aliphatic rings. The van der Waals surface area contributed by atoms with E-state index >= 15 is 0 Å². The maximum absolute atomic E-state index is 12.8. The Morgan fingerprint density at radius 1 is 1.18 bits per heavy atom. The van der Waals surface area contributed by atoms with Crippen molar-refractivity contribution < 1.29 is 14.3 Å². The van der Waals surface area contributed by atoms with E-state index < -0.39 is 18.1 Å². The molecule has 28 heavy (non-hydrogen) atoms. The van der Waals surface area contributed by atoms with Crippen molar-refractivity contribution in [1.29, 1.82) is 0 Å². The van der Waals surface area contributed by atoms with Crippen LogP contribution in [0, 0.1) is 0 Å². The number of carbonyl (C=O) groups is 2. The van der Waals surface area contributed by atoms with Crippen LogP contribution in [0.1, 0.15) is 22.9 Å². The lowest BCUT2D eigenvalue weighted by molar-refractivity contribution is -0.154. The molecule has 0 aliphatic carbocycles. The summed E-state index contributed by atoms with van der Waals surface area (Å²) in [4.78, 5) is 30.4. The monoisotopic (exact) mass is 416 g/mol. The van der Waals surface area contributed by atoms with Gasteiger partial charge in [-0.3, -0.25) is 4.79 Å². The highest BCUT2D eigenvalue weighted by Crippen LogP contribution is 2.41. The van der Waals surface area contributed by atoms with E-state index in [1.54, 1.807) is 12.1 Å². The van der Waals surface area contributed by atoms with E-state index in [1.807, 2.05) is 36.4 Å². The van der Waals surface area contributed by atoms with E-state index in [0.29, 0.717) is 11.4 Å². The number of carbonyl (C=O) groups excluding carboxylic acids is 2. The number of alkyl halides is 1. The van der Waals surface area contributed by atoms with Gasteiger partial charge in [0.25, 0.3) is 0 Å². The summed E-state index contributed by atoms with van der Waals surface area (Å²) in [6, 6.07) is 13.9. The molecule has 0 spiro atoms. The largest absolute Gasteiger partial charge is 0.467 e. The Balaban J connectivity index is 1.98. The number of methoxy groups -OCH3 is 1. The molecular formula is C21H18Cl2N2O3. The normalized spacial score (nSPS) is 18.8. The van der Waals surface area contributed by atoms with Crippen LogP contribution in [-0.2, 0) is 20.7 Å². The molecule has 3 aromatic rings. The first-order valence-electron chi connectivity index (χ1n) is 8.85. The number of esters is 1. The first-order valence-corrected chi connectivity index (χ1v) is 9.76. The predicted molar refractivity (Wildman–Crippen MR) is 109 cm³/mol. The van der Waals surface area contributed by atoms with Crippen molar-refractivity contribution in [2.24, 2.45) is 0 Å². The van der Waals surface area contributed by atoms with Gasteiger partial charge < -0.3 is 14.6 Å². The summed E-state index contributed by atoms with van der Waals surface area (Å²) in [5, 5.41) is 1.62. The topological polar surface area (TPSA) is 62.4 Å². The average molecular weight is 417 g/mol. The number of para-hydroxylation sites is 1. The third kappa shape index (κ3) is 3.05. The fourth-order valence-electron chi connectivity index (χ4n) is 3.98. The summed E-state index contributed by atoms with van der Waals surface area (Å²) < 4.78 is 5.01. The number of benzene rings is 2. The number of rotatable bonds is 3. The summed E-state index contributed by atoms with van der Waals surface area (Å²) in [7, 11) is 1.33. The molecule has 1 aromatic heterocycles. The van der Waals surface area contributed by atoms with Crippen LogP contribution in [0.4, 0.5) is 0 Å². The van der Waals surface area contributed by atoms with Crippen LogP contribution in [0.2, 0.25) is 5.02 Å². The van der Waals surface area contributed by atoms with Gasteiger partial charge in [0.15, 0.2) is 0 Å². The van der Waals surface area contributed by atoms with Gasteiger partial charge in [-0.1, -0.05) is 41.9 Å². The molecule has 0 fully saturated rings. The zero-order valence-electron chi connectivity index (χ0n) is 15.1. The second kappa shape index (κ2) is 7.49. The number of nitrogens with one attached hydrogen (secondary N) is 1. The number of halogens is 2. The molecule has 0 bridgehead atoms. The molecule has 0 saturated heterocycles. The number of hydrogen-bond donors (Lipinski definition) is 1. The molecule has 1 N–H and O–H groups in total. The molecule has 1 aliphatic heterocycles. The lowest BCUT2D eigenvalue weighted by Crippen LogP contribution is -2.52. The highest BCUT2D eigenvalue weighted by Gasteiger charge is 2.43. The Morgan fingerprint density at radius 3 is 2.57 bits per heavy atom. The van der Waals surface area contributed by atoms with Gasteiger partial charge in [-0.2, -0.15) is 0 Å². The van der Waals surface area contributed by atoms with Crippen LogP contribution < -0.4 is 0 Å². The maximum Gasteiger partial charge on any atom is 0.328 e. The molecule has 1 amide bonds. The second-order valence-electron chi connectivity index (χ2n) is 6.69. The lowest BCUT2D eigenvalue weighted by atomic mass is 9.88. The van der Waals surface area contributed by atoms with Crippen molar-refractivity contribution in [3.05, 3.63) is 70.4 Å². The highest BCUT2D eigenvalue weighted by atomic mass is 35.5. The molecule has 5 nitrogen and oxygen atoms in total. The lowest BCUT2D eigenvalue weighted by Gasteiger charge is -2.40. The Kier molecular flexibility index (Phi) is 5.04. The summed E-state index contributed by atoms with van der Waals surface area (Å²) >= 11 is 12.0. The molecule has 0 unspecified atom stereocenters. The second-order valence-corrected chi connectivity index (χ2v) is 7.40. The number of hydrogen-bond acceptors (Lipinski definition) is 3. The van der Waals surface area contributed by atoms with Gasteiger partial charge in [0.1, 0.15) is 11.9 Å². The predicted octanol–water partition coefficient (Wildman–Crippen LogP) is 4.08. The van der Waals surface area contributed by atoms with E-state index in [2.05, 4.69) is 4.98 Å². The van der Waals surface area contributed by atoms with Gasteiger partial charge in [-0.15, -0.1) is 11.6 Å². The number of aromatic amines is 1. The molecule has 7 heteroatoms. The number of nitrogens with zero attached hydrogens (tertiary/aromatic N) is 1. The summed E-state index contributed by atoms with van der Waals surface area (Å²) in [5.41, 5.74) is 3.67. The first-order chi connectivity index (χ1) is 13.5. The minimum Gasteiger partial charge on any atom is -0.467 e. The van der Waals surface area contributed by atoms with Crippen LogP contribution in [0.25, 0.3) is 10.9 Å². The zero-order chi connectivity index (χ0) is 19.8. The van der Waals surface area contributed by atoms with E-state index in [4.69, 9.17) is 27.9 Å². The van der Waals surface area contributed by atoms with Gasteiger partial charge in [0.05, 0.1) is 13.2 Å². The van der Waals surface area contributed by atoms with Crippen molar-refractivity contribution in [3.63, 3.8) is 0 Å². The van der Waals surface area contributed by atoms with Gasteiger partial charge in [-0.25, -0.2) is 4.79 Å². The van der Waals surface area contributed by atoms with E-state index in [9.17, 15) is 9.59 Å². The Morgan fingerprint density at radius 2 is 1.89 bits per heavy atom. The zero-order valence-corrected chi connectivity index (χ0v) is 16.6. The number of ether oxygens (including phenoxy) is 1. The highest BCUT2D eigenvalue weighted by molar-refractivity contribution is 6.30. The van der Waals surface area contributed by atoms with E-state index in [-0.39, 0.29) is 11.8 Å². The first kappa shape index (κ1) is 18.8. The van der Waals surface area contributed by atoms with E-state index in [0.717, 1.165) is 27.7 Å². The van der Waals surface area contributed by atoms with Crippen molar-refractivity contribution >= 4 is 46.0 Å². The Bertz CT molecular complexity index is 1050. The molecule has 2 atom stereocenters. The summed E-state index contributed by atoms with van der Waals surface area (Å²) in [6.45, 7) is 0. The quantitative estimate of drug-likeness (QED) is 0.516. The third-order valence-corrected chi connectivity index (χ3v) is 5.67. The van der Waals surface area contributed by atoms with E-state index in [1.165, 1.54) is 12.0 Å². The summed E-state index contributed by atoms with van der Waals surface area (Å²) in [6.07, 6.45) is 0.360. The van der Waals surface area contributed by atoms with Gasteiger partial charge in [0.2, 0.25) is 5.91 Å². The Labute approximate surface area is 172 Å². The van der Waals surface area contributed by atoms with Gasteiger partial charge in [0, 0.05) is 28.0 Å². The van der Waals surface area contributed by atoms with Crippen LogP contribution in [0.3, 0.4) is 0 Å². The fourth-order valence-corrected chi connectivity index (χ4v) is 4.24. The smallest absolute Gasteiger partial charge is 0.328 e. The van der Waals surface area contributed by atoms with Crippen LogP contribution >= 0.6 is 23.2 Å². The third-order valence-electron chi connectivity index (χ3n) is 5.19. The van der Waals surface area contributed by atoms with Crippen molar-refractivity contribution in [3.8, 4) is 0 Å². The SMILES string of the molecule is COC(=O)[C@H]1Cc2c([nH]c3ccccc23)[C@H](c2ccc(Cl)cc2)N1C(=O)CCl. The standard InChI is InChI=1S/C21H18Cl2N2O3/c1-28-21(27)17-10-15-14-4-2-3-5-16(14)24-19(15)20(25(17)18(26)11-22)12-6-8-13(23)9-7-12/h2-9,17,20,24H,10-11H2,1H3/t17-,20+/m1/s1. The molecule has 0 saturated carbocycles. The minimum absolute atomic E-state index is 0.229. The summed E-state index contributed by atoms with van der Waals surface area (Å²) in [5.74, 6) is -1.03. The number of amides is 1. The fraction of sp³-hybridized carbons (Fsp3) is 0.238. The Hall–Kier alpha value is -2.50. The number of aromatic nitrogens is 1. The average Bonchev–Trinajstić information content (AvgIpc) is 3.10. The van der Waals surface area contributed by atoms with Crippen LogP contribution in [0.5, 0.6) is 0 Å². The van der Waals surface area contributed by atoms with Crippen molar-refractivity contribution in [1.82, 2.24) is 9.88 Å². The molecule has 4 rings (SSSR count). The molecule has 2 heterocycles. The van der Waals surface area contributed by atoms with Crippen LogP contribution in [0.15, 0.2) is 48.5 Å². The number of H-pyrrole nitrogens is 1. The molecule has 144 valence electrons. The van der Waals surface area contributed by atoms with Crippen molar-refractivity contribution in [2.75, 3.05) is 13.0 Å². The van der Waals surface area contributed by atoms with Gasteiger partial charge in [-0.05, 0) is 29.3 Å². The van der Waals surface area contributed by atoms with Gasteiger partial charge >= 0.3 is 5.97 Å². The maximum atomic E-state index is 12.8. The number of fused-ring (bicyclic) bond motifs is 3. The molecule has 2 aromatic carbocycles. The minimum atomic E-state index is -0.761.